The molecule has 0 spiro atoms. The predicted molar refractivity (Wildman–Crippen MR) is 115 cm³/mol. The van der Waals surface area contributed by atoms with Crippen LogP contribution in [0, 0.1) is 0 Å². The molecule has 3 rings (SSSR count). The van der Waals surface area contributed by atoms with Gasteiger partial charge in [-0.05, 0) is 49.2 Å². The molecular formula is C23H24ClNO5. The van der Waals surface area contributed by atoms with Crippen molar-refractivity contribution in [2.45, 2.75) is 32.7 Å². The van der Waals surface area contributed by atoms with Gasteiger partial charge in [-0.25, -0.2) is 0 Å². The van der Waals surface area contributed by atoms with Crippen molar-refractivity contribution in [2.24, 2.45) is 0 Å². The number of Topliss-reactive ketones (excluding diaryl/α,β-unsaturated/α-hetero) is 1. The Morgan fingerprint density at radius 2 is 1.93 bits per heavy atom. The van der Waals surface area contributed by atoms with Crippen molar-refractivity contribution in [1.29, 1.82) is 0 Å². The van der Waals surface area contributed by atoms with Gasteiger partial charge in [0.25, 0.3) is 11.7 Å². The van der Waals surface area contributed by atoms with Crippen LogP contribution in [0.3, 0.4) is 0 Å². The number of carbonyl (C=O) groups excluding carboxylic acids is 2. The first-order chi connectivity index (χ1) is 14.4. The van der Waals surface area contributed by atoms with E-state index in [9.17, 15) is 19.8 Å². The molecule has 0 aromatic heterocycles. The molecular weight excluding hydrogens is 406 g/mol. The fraction of sp³-hybridized carbons (Fsp3) is 0.304. The first-order valence-corrected chi connectivity index (χ1v) is 10.3. The molecule has 158 valence electrons. The van der Waals surface area contributed by atoms with Gasteiger partial charge in [0.05, 0.1) is 23.2 Å². The van der Waals surface area contributed by atoms with E-state index in [0.29, 0.717) is 41.5 Å². The van der Waals surface area contributed by atoms with Gasteiger partial charge >= 0.3 is 0 Å². The van der Waals surface area contributed by atoms with Crippen molar-refractivity contribution in [3.8, 4) is 11.5 Å². The van der Waals surface area contributed by atoms with Gasteiger partial charge in [-0.2, -0.15) is 0 Å². The highest BCUT2D eigenvalue weighted by molar-refractivity contribution is 6.46. The Labute approximate surface area is 180 Å². The summed E-state index contributed by atoms with van der Waals surface area (Å²) in [4.78, 5) is 27.1. The number of aliphatic hydroxyl groups excluding tert-OH is 1. The molecule has 0 bridgehead atoms. The van der Waals surface area contributed by atoms with E-state index in [1.807, 2.05) is 13.8 Å². The summed E-state index contributed by atoms with van der Waals surface area (Å²) in [6.45, 7) is 4.55. The Morgan fingerprint density at radius 1 is 1.17 bits per heavy atom. The minimum atomic E-state index is -0.796. The van der Waals surface area contributed by atoms with Gasteiger partial charge < -0.3 is 19.8 Å². The van der Waals surface area contributed by atoms with Crippen molar-refractivity contribution in [3.63, 3.8) is 0 Å². The number of benzene rings is 2. The predicted octanol–water partition coefficient (Wildman–Crippen LogP) is 4.67. The zero-order chi connectivity index (χ0) is 21.8. The Bertz CT molecular complexity index is 1000. The summed E-state index contributed by atoms with van der Waals surface area (Å²) in [6, 6.07) is 10.2. The lowest BCUT2D eigenvalue weighted by Gasteiger charge is -2.25. The average Bonchev–Trinajstić information content (AvgIpc) is 2.98. The quantitative estimate of drug-likeness (QED) is 0.379. The van der Waals surface area contributed by atoms with Crippen LogP contribution in [-0.4, -0.2) is 40.0 Å². The van der Waals surface area contributed by atoms with Crippen LogP contribution in [0.25, 0.3) is 5.76 Å². The molecule has 1 fully saturated rings. The number of carbonyl (C=O) groups is 2. The first kappa shape index (κ1) is 21.7. The van der Waals surface area contributed by atoms with Crippen LogP contribution in [0.15, 0.2) is 48.0 Å². The third-order valence-electron chi connectivity index (χ3n) is 4.98. The van der Waals surface area contributed by atoms with E-state index in [4.69, 9.17) is 16.3 Å². The number of phenolic OH excluding ortho intramolecular Hbond substituents is 1. The highest BCUT2D eigenvalue weighted by atomic mass is 35.5. The summed E-state index contributed by atoms with van der Waals surface area (Å²) in [5.41, 5.74) is 0.846. The highest BCUT2D eigenvalue weighted by Gasteiger charge is 2.45. The van der Waals surface area contributed by atoms with Gasteiger partial charge in [-0.3, -0.25) is 9.59 Å². The average molecular weight is 430 g/mol. The Morgan fingerprint density at radius 3 is 2.60 bits per heavy atom. The summed E-state index contributed by atoms with van der Waals surface area (Å²) >= 11 is 6.13. The van der Waals surface area contributed by atoms with Gasteiger partial charge in [0.1, 0.15) is 17.3 Å². The molecule has 1 saturated heterocycles. The number of unbranched alkanes of at least 4 members (excludes halogenated alkanes) is 1. The van der Waals surface area contributed by atoms with E-state index in [0.717, 1.165) is 6.42 Å². The van der Waals surface area contributed by atoms with E-state index in [1.54, 1.807) is 30.3 Å². The van der Waals surface area contributed by atoms with Crippen molar-refractivity contribution in [2.75, 3.05) is 13.2 Å². The number of phenols is 1. The molecule has 2 N–H and O–H groups in total. The van der Waals surface area contributed by atoms with E-state index < -0.39 is 17.7 Å². The van der Waals surface area contributed by atoms with Crippen LogP contribution >= 0.6 is 11.6 Å². The van der Waals surface area contributed by atoms with Crippen molar-refractivity contribution >= 4 is 29.1 Å². The van der Waals surface area contributed by atoms with Crippen LogP contribution in [0.1, 0.15) is 43.9 Å². The maximum atomic E-state index is 12.9. The lowest BCUT2D eigenvalue weighted by atomic mass is 9.95. The standard InChI is InChI=1S/C23H24ClNO5/c1-3-5-11-25-20(14-7-6-8-16(26)12-14)19(22(28)23(25)29)21(27)15-9-10-17(24)18(13-15)30-4-2/h6-10,12-13,20,26-27H,3-5,11H2,1-2H3/b21-19-. The fourth-order valence-electron chi connectivity index (χ4n) is 3.55. The molecule has 0 saturated carbocycles. The number of ketones is 1. The van der Waals surface area contributed by atoms with Crippen LogP contribution in [0.2, 0.25) is 5.02 Å². The van der Waals surface area contributed by atoms with Gasteiger partial charge in [0.15, 0.2) is 0 Å². The molecule has 7 heteroatoms. The molecule has 30 heavy (non-hydrogen) atoms. The van der Waals surface area contributed by atoms with E-state index in [1.165, 1.54) is 17.0 Å². The Balaban J connectivity index is 2.17. The van der Waals surface area contributed by atoms with E-state index in [2.05, 4.69) is 0 Å². The molecule has 2 aromatic rings. The van der Waals surface area contributed by atoms with Crippen molar-refractivity contribution in [1.82, 2.24) is 4.90 Å². The molecule has 1 heterocycles. The number of nitrogens with zero attached hydrogens (tertiary/aromatic N) is 1. The zero-order valence-corrected chi connectivity index (χ0v) is 17.6. The number of halogens is 1. The largest absolute Gasteiger partial charge is 0.508 e. The van der Waals surface area contributed by atoms with Crippen LogP contribution in [0.4, 0.5) is 0 Å². The Kier molecular flexibility index (Phi) is 6.67. The molecule has 1 amide bonds. The summed E-state index contributed by atoms with van der Waals surface area (Å²) in [6.07, 6.45) is 1.54. The number of hydrogen-bond donors (Lipinski definition) is 2. The lowest BCUT2D eigenvalue weighted by Crippen LogP contribution is -2.30. The monoisotopic (exact) mass is 429 g/mol. The number of aromatic hydroxyl groups is 1. The summed E-state index contributed by atoms with van der Waals surface area (Å²) in [7, 11) is 0. The number of likely N-dealkylation sites (tertiary alicyclic amines) is 1. The smallest absolute Gasteiger partial charge is 0.295 e. The van der Waals surface area contributed by atoms with Crippen LogP contribution in [-0.2, 0) is 9.59 Å². The molecule has 1 atom stereocenters. The minimum absolute atomic E-state index is 0.0127. The molecule has 1 unspecified atom stereocenters. The maximum Gasteiger partial charge on any atom is 0.295 e. The van der Waals surface area contributed by atoms with E-state index in [-0.39, 0.29) is 17.1 Å². The number of amides is 1. The van der Waals surface area contributed by atoms with Gasteiger partial charge in [-0.1, -0.05) is 37.1 Å². The Hall–Kier alpha value is -2.99. The molecule has 6 nitrogen and oxygen atoms in total. The molecule has 1 aliphatic heterocycles. The number of hydrogen-bond acceptors (Lipinski definition) is 5. The van der Waals surface area contributed by atoms with Gasteiger partial charge in [-0.15, -0.1) is 0 Å². The van der Waals surface area contributed by atoms with Crippen molar-refractivity contribution in [3.05, 3.63) is 64.2 Å². The zero-order valence-electron chi connectivity index (χ0n) is 16.9. The van der Waals surface area contributed by atoms with Gasteiger partial charge in [0.2, 0.25) is 0 Å². The minimum Gasteiger partial charge on any atom is -0.508 e. The summed E-state index contributed by atoms with van der Waals surface area (Å²) in [5, 5.41) is 21.4. The second kappa shape index (κ2) is 9.22. The summed E-state index contributed by atoms with van der Waals surface area (Å²) < 4.78 is 5.48. The topological polar surface area (TPSA) is 87.1 Å². The van der Waals surface area contributed by atoms with Crippen molar-refractivity contribution < 1.29 is 24.5 Å². The maximum absolute atomic E-state index is 12.9. The third-order valence-corrected chi connectivity index (χ3v) is 5.30. The molecule has 1 aliphatic rings. The fourth-order valence-corrected chi connectivity index (χ4v) is 3.72. The number of aliphatic hydroxyl groups is 1. The van der Waals surface area contributed by atoms with Crippen LogP contribution < -0.4 is 4.74 Å². The van der Waals surface area contributed by atoms with Crippen LogP contribution in [0.5, 0.6) is 11.5 Å². The molecule has 2 aromatic carbocycles. The second-order valence-corrected chi connectivity index (χ2v) is 7.43. The second-order valence-electron chi connectivity index (χ2n) is 7.02. The SMILES string of the molecule is CCCCN1C(=O)C(=O)/C(=C(\O)c2ccc(Cl)c(OCC)c2)C1c1cccc(O)c1. The lowest BCUT2D eigenvalue weighted by molar-refractivity contribution is -0.139. The molecule has 0 radical (unpaired) electrons. The summed E-state index contributed by atoms with van der Waals surface area (Å²) in [5.74, 6) is -1.35. The highest BCUT2D eigenvalue weighted by Crippen LogP contribution is 2.41. The number of ether oxygens (including phenoxy) is 1. The van der Waals surface area contributed by atoms with Gasteiger partial charge in [0, 0.05) is 12.1 Å². The van der Waals surface area contributed by atoms with E-state index >= 15 is 0 Å². The normalized spacial score (nSPS) is 18.1. The first-order valence-electron chi connectivity index (χ1n) is 9.89. The molecule has 0 aliphatic carbocycles. The third kappa shape index (κ3) is 4.14. The number of rotatable bonds is 7.